The molecular formula is C17H14N4. The van der Waals surface area contributed by atoms with E-state index in [-0.39, 0.29) is 0 Å². The maximum Gasteiger partial charge on any atom is 0.0936 e. The first-order valence-electron chi connectivity index (χ1n) is 6.84. The summed E-state index contributed by atoms with van der Waals surface area (Å²) in [6, 6.07) is 16.4. The molecule has 1 N–H and O–H groups in total. The summed E-state index contributed by atoms with van der Waals surface area (Å²) in [5.41, 5.74) is 4.12. The Morgan fingerprint density at radius 2 is 1.90 bits per heavy atom. The van der Waals surface area contributed by atoms with Crippen molar-refractivity contribution in [2.75, 3.05) is 5.32 Å². The van der Waals surface area contributed by atoms with Crippen LogP contribution in [0.2, 0.25) is 0 Å². The molecule has 4 rings (SSSR count). The predicted molar refractivity (Wildman–Crippen MR) is 85.7 cm³/mol. The Morgan fingerprint density at radius 3 is 2.86 bits per heavy atom. The molecule has 0 radical (unpaired) electrons. The third-order valence-electron chi connectivity index (χ3n) is 3.66. The first-order valence-corrected chi connectivity index (χ1v) is 6.84. The molecule has 0 saturated carbocycles. The van der Waals surface area contributed by atoms with Gasteiger partial charge in [-0.15, -0.1) is 0 Å². The molecule has 0 spiro atoms. The highest BCUT2D eigenvalue weighted by Gasteiger charge is 2.04. The van der Waals surface area contributed by atoms with E-state index in [1.165, 1.54) is 0 Å². The minimum absolute atomic E-state index is 0.977. The van der Waals surface area contributed by atoms with Crippen molar-refractivity contribution in [3.63, 3.8) is 0 Å². The zero-order chi connectivity index (χ0) is 14.2. The van der Waals surface area contributed by atoms with E-state index >= 15 is 0 Å². The summed E-state index contributed by atoms with van der Waals surface area (Å²) in [6.45, 7) is 0. The van der Waals surface area contributed by atoms with Gasteiger partial charge in [-0.2, -0.15) is 5.10 Å². The monoisotopic (exact) mass is 274 g/mol. The van der Waals surface area contributed by atoms with Gasteiger partial charge in [-0.05, 0) is 30.3 Å². The molecule has 0 aliphatic rings. The lowest BCUT2D eigenvalue weighted by Crippen LogP contribution is -1.94. The van der Waals surface area contributed by atoms with Crippen LogP contribution >= 0.6 is 0 Å². The quantitative estimate of drug-likeness (QED) is 0.603. The van der Waals surface area contributed by atoms with Crippen LogP contribution < -0.4 is 5.32 Å². The fraction of sp³-hybridized carbons (Fsp3) is 0.0588. The third-order valence-corrected chi connectivity index (χ3v) is 3.66. The molecule has 4 heteroatoms. The van der Waals surface area contributed by atoms with Gasteiger partial charge in [0.25, 0.3) is 0 Å². The van der Waals surface area contributed by atoms with Gasteiger partial charge in [-0.3, -0.25) is 9.67 Å². The molecule has 102 valence electrons. The second-order valence-corrected chi connectivity index (χ2v) is 5.05. The summed E-state index contributed by atoms with van der Waals surface area (Å²) in [5.74, 6) is 0. The van der Waals surface area contributed by atoms with E-state index in [9.17, 15) is 0 Å². The van der Waals surface area contributed by atoms with Gasteiger partial charge in [0.2, 0.25) is 0 Å². The lowest BCUT2D eigenvalue weighted by Gasteiger charge is -2.09. The van der Waals surface area contributed by atoms with Crippen molar-refractivity contribution in [1.82, 2.24) is 14.8 Å². The largest absolute Gasteiger partial charge is 0.354 e. The molecule has 2 heterocycles. The molecule has 0 saturated heterocycles. The Kier molecular flexibility index (Phi) is 2.60. The van der Waals surface area contributed by atoms with E-state index < -0.39 is 0 Å². The van der Waals surface area contributed by atoms with Crippen LogP contribution in [0, 0.1) is 0 Å². The molecular weight excluding hydrogens is 260 g/mol. The van der Waals surface area contributed by atoms with Crippen LogP contribution in [0.1, 0.15) is 0 Å². The molecule has 0 aliphatic heterocycles. The zero-order valence-corrected chi connectivity index (χ0v) is 11.6. The van der Waals surface area contributed by atoms with E-state index in [1.54, 1.807) is 0 Å². The van der Waals surface area contributed by atoms with Crippen molar-refractivity contribution in [3.05, 3.63) is 60.9 Å². The Labute approximate surface area is 122 Å². The number of fused-ring (bicyclic) bond motifs is 2. The van der Waals surface area contributed by atoms with Crippen LogP contribution in [0.3, 0.4) is 0 Å². The van der Waals surface area contributed by atoms with Gasteiger partial charge in [0.1, 0.15) is 0 Å². The number of anilines is 2. The molecule has 0 aliphatic carbocycles. The molecule has 21 heavy (non-hydrogen) atoms. The maximum atomic E-state index is 4.47. The number of benzene rings is 2. The van der Waals surface area contributed by atoms with Gasteiger partial charge < -0.3 is 5.32 Å². The van der Waals surface area contributed by atoms with E-state index in [0.29, 0.717) is 0 Å². The number of hydrogen-bond acceptors (Lipinski definition) is 3. The number of hydrogen-bond donors (Lipinski definition) is 1. The number of aromatic nitrogens is 3. The van der Waals surface area contributed by atoms with Gasteiger partial charge in [0.05, 0.1) is 22.9 Å². The Hall–Kier alpha value is -2.88. The minimum Gasteiger partial charge on any atom is -0.354 e. The van der Waals surface area contributed by atoms with Crippen molar-refractivity contribution < 1.29 is 0 Å². The highest BCUT2D eigenvalue weighted by molar-refractivity contribution is 5.93. The van der Waals surface area contributed by atoms with Gasteiger partial charge in [-0.25, -0.2) is 0 Å². The van der Waals surface area contributed by atoms with E-state index in [1.807, 2.05) is 42.3 Å². The highest BCUT2D eigenvalue weighted by atomic mass is 15.2. The van der Waals surface area contributed by atoms with Crippen molar-refractivity contribution in [2.24, 2.45) is 7.05 Å². The van der Waals surface area contributed by atoms with Gasteiger partial charge in [-0.1, -0.05) is 18.2 Å². The summed E-state index contributed by atoms with van der Waals surface area (Å²) in [6.07, 6.45) is 3.69. The van der Waals surface area contributed by atoms with Crippen molar-refractivity contribution in [3.8, 4) is 0 Å². The molecule has 2 aromatic heterocycles. The number of nitrogens with one attached hydrogen (secondary N) is 1. The average Bonchev–Trinajstić information content (AvgIpc) is 2.89. The van der Waals surface area contributed by atoms with Crippen molar-refractivity contribution in [1.29, 1.82) is 0 Å². The summed E-state index contributed by atoms with van der Waals surface area (Å²) in [7, 11) is 1.95. The Morgan fingerprint density at radius 1 is 1.00 bits per heavy atom. The second kappa shape index (κ2) is 4.59. The Balaban J connectivity index is 1.80. The molecule has 4 nitrogen and oxygen atoms in total. The SMILES string of the molecule is Cn1ncc2ccc(Nc3cccc4cccnc34)cc21. The first-order chi connectivity index (χ1) is 10.3. The number of nitrogens with zero attached hydrogens (tertiary/aromatic N) is 3. The summed E-state index contributed by atoms with van der Waals surface area (Å²) >= 11 is 0. The zero-order valence-electron chi connectivity index (χ0n) is 11.6. The molecule has 2 aromatic carbocycles. The maximum absolute atomic E-state index is 4.47. The Bertz CT molecular complexity index is 934. The van der Waals surface area contributed by atoms with Crippen LogP contribution in [0.5, 0.6) is 0 Å². The molecule has 0 bridgehead atoms. The van der Waals surface area contributed by atoms with Crippen LogP contribution in [0.25, 0.3) is 21.8 Å². The molecule has 0 amide bonds. The summed E-state index contributed by atoms with van der Waals surface area (Å²) in [5, 5.41) is 9.99. The predicted octanol–water partition coefficient (Wildman–Crippen LogP) is 3.87. The van der Waals surface area contributed by atoms with Crippen LogP contribution in [0.4, 0.5) is 11.4 Å². The fourth-order valence-corrected chi connectivity index (χ4v) is 2.58. The molecule has 4 aromatic rings. The average molecular weight is 274 g/mol. The topological polar surface area (TPSA) is 42.7 Å². The smallest absolute Gasteiger partial charge is 0.0936 e. The van der Waals surface area contributed by atoms with E-state index in [2.05, 4.69) is 45.7 Å². The molecule has 0 unspecified atom stereocenters. The lowest BCUT2D eigenvalue weighted by atomic mass is 10.1. The van der Waals surface area contributed by atoms with Crippen LogP contribution in [-0.4, -0.2) is 14.8 Å². The fourth-order valence-electron chi connectivity index (χ4n) is 2.58. The number of aryl methyl sites for hydroxylation is 1. The number of rotatable bonds is 2. The van der Waals surface area contributed by atoms with Crippen molar-refractivity contribution in [2.45, 2.75) is 0 Å². The van der Waals surface area contributed by atoms with Crippen molar-refractivity contribution >= 4 is 33.2 Å². The lowest BCUT2D eigenvalue weighted by molar-refractivity contribution is 0.797. The van der Waals surface area contributed by atoms with E-state index in [4.69, 9.17) is 0 Å². The number of pyridine rings is 1. The second-order valence-electron chi connectivity index (χ2n) is 5.05. The summed E-state index contributed by atoms with van der Waals surface area (Å²) in [4.78, 5) is 4.47. The molecule has 0 fully saturated rings. The van der Waals surface area contributed by atoms with E-state index in [0.717, 1.165) is 33.2 Å². The minimum atomic E-state index is 0.977. The van der Waals surface area contributed by atoms with Crippen LogP contribution in [0.15, 0.2) is 60.9 Å². The van der Waals surface area contributed by atoms with Gasteiger partial charge >= 0.3 is 0 Å². The number of para-hydroxylation sites is 1. The van der Waals surface area contributed by atoms with Gasteiger partial charge in [0, 0.05) is 29.7 Å². The summed E-state index contributed by atoms with van der Waals surface area (Å²) < 4.78 is 1.88. The standard InChI is InChI=1S/C17H14N4/c1-21-16-10-14(8-7-13(16)11-19-21)20-15-6-2-4-12-5-3-9-18-17(12)15/h2-11,20H,1H3. The van der Waals surface area contributed by atoms with Gasteiger partial charge in [0.15, 0.2) is 0 Å². The highest BCUT2D eigenvalue weighted by Crippen LogP contribution is 2.26. The molecule has 0 atom stereocenters. The third kappa shape index (κ3) is 2.01. The normalized spacial score (nSPS) is 11.1. The van der Waals surface area contributed by atoms with Crippen LogP contribution in [-0.2, 0) is 7.05 Å². The first kappa shape index (κ1) is 11.9.